The van der Waals surface area contributed by atoms with Crippen LogP contribution in [0.2, 0.25) is 0 Å². The van der Waals surface area contributed by atoms with E-state index in [0.29, 0.717) is 17.5 Å². The van der Waals surface area contributed by atoms with E-state index in [2.05, 4.69) is 4.74 Å². The van der Waals surface area contributed by atoms with Crippen LogP contribution in [0.15, 0.2) is 72.8 Å². The molecule has 0 aliphatic heterocycles. The van der Waals surface area contributed by atoms with Gasteiger partial charge in [-0.15, -0.1) is 13.2 Å². The van der Waals surface area contributed by atoms with Crippen LogP contribution in [-0.4, -0.2) is 18.8 Å². The summed E-state index contributed by atoms with van der Waals surface area (Å²) in [5.74, 6) is -3.14. The van der Waals surface area contributed by atoms with Crippen molar-refractivity contribution in [3.05, 3.63) is 95.3 Å². The molecule has 4 nitrogen and oxygen atoms in total. The zero-order chi connectivity index (χ0) is 26.5. The molecule has 3 rings (SSSR count). The third-order valence-electron chi connectivity index (χ3n) is 5.31. The van der Waals surface area contributed by atoms with E-state index >= 15 is 0 Å². The van der Waals surface area contributed by atoms with E-state index in [1.807, 2.05) is 0 Å². The number of hydrogen-bond donors (Lipinski definition) is 1. The minimum absolute atomic E-state index is 0.0377. The molecule has 0 saturated carbocycles. The molecular formula is C25H21F7N2O2. The molecule has 0 aliphatic carbocycles. The van der Waals surface area contributed by atoms with Crippen molar-refractivity contribution < 1.29 is 40.3 Å². The highest BCUT2D eigenvalue weighted by molar-refractivity contribution is 5.85. The van der Waals surface area contributed by atoms with Gasteiger partial charge in [-0.25, -0.2) is 4.39 Å². The van der Waals surface area contributed by atoms with E-state index in [1.54, 1.807) is 30.3 Å². The van der Waals surface area contributed by atoms with Gasteiger partial charge in [-0.1, -0.05) is 42.5 Å². The molecule has 1 amide bonds. The largest absolute Gasteiger partial charge is 0.573 e. The number of ether oxygens (including phenoxy) is 1. The predicted molar refractivity (Wildman–Crippen MR) is 119 cm³/mol. The summed E-state index contributed by atoms with van der Waals surface area (Å²) < 4.78 is 94.4. The number of carbonyl (C=O) groups is 1. The minimum Gasteiger partial charge on any atom is -0.403 e. The maximum atomic E-state index is 14.0. The van der Waals surface area contributed by atoms with Gasteiger partial charge < -0.3 is 15.4 Å². The van der Waals surface area contributed by atoms with Crippen LogP contribution in [0.4, 0.5) is 36.4 Å². The molecule has 0 fully saturated rings. The highest BCUT2D eigenvalue weighted by atomic mass is 19.4. The maximum Gasteiger partial charge on any atom is 0.573 e. The summed E-state index contributed by atoms with van der Waals surface area (Å²) in [5, 5.41) is 0. The van der Waals surface area contributed by atoms with Crippen LogP contribution in [0, 0.1) is 5.82 Å². The number of benzene rings is 3. The van der Waals surface area contributed by atoms with Crippen LogP contribution in [0.5, 0.6) is 5.75 Å². The number of anilines is 1. The predicted octanol–water partition coefficient (Wildman–Crippen LogP) is 6.41. The molecule has 0 radical (unpaired) electrons. The van der Waals surface area contributed by atoms with Crippen LogP contribution >= 0.6 is 0 Å². The Labute approximate surface area is 202 Å². The first-order valence-electron chi connectivity index (χ1n) is 10.7. The molecule has 192 valence electrons. The molecule has 11 heteroatoms. The molecule has 0 aromatic heterocycles. The zero-order valence-electron chi connectivity index (χ0n) is 18.6. The molecule has 36 heavy (non-hydrogen) atoms. The number of halogens is 7. The second-order valence-corrected chi connectivity index (χ2v) is 7.87. The summed E-state index contributed by atoms with van der Waals surface area (Å²) in [4.78, 5) is 13.9. The molecule has 2 N–H and O–H groups in total. The van der Waals surface area contributed by atoms with Crippen molar-refractivity contribution in [2.24, 2.45) is 5.73 Å². The molecule has 0 spiro atoms. The topological polar surface area (TPSA) is 55.6 Å². The van der Waals surface area contributed by atoms with Crippen molar-refractivity contribution in [3.63, 3.8) is 0 Å². The van der Waals surface area contributed by atoms with Gasteiger partial charge in [0.1, 0.15) is 6.04 Å². The summed E-state index contributed by atoms with van der Waals surface area (Å²) in [6, 6.07) is 14.4. The monoisotopic (exact) mass is 514 g/mol. The van der Waals surface area contributed by atoms with E-state index < -0.39 is 41.6 Å². The number of amides is 1. The first-order valence-corrected chi connectivity index (χ1v) is 10.7. The summed E-state index contributed by atoms with van der Waals surface area (Å²) in [5.41, 5.74) is 5.91. The number of primary amides is 1. The fourth-order valence-electron chi connectivity index (χ4n) is 3.73. The van der Waals surface area contributed by atoms with Gasteiger partial charge in [0, 0.05) is 18.3 Å². The lowest BCUT2D eigenvalue weighted by Crippen LogP contribution is -2.39. The van der Waals surface area contributed by atoms with Crippen molar-refractivity contribution in [2.75, 3.05) is 11.4 Å². The number of aryl methyl sites for hydroxylation is 1. The fourth-order valence-corrected chi connectivity index (χ4v) is 3.73. The Morgan fingerprint density at radius 2 is 1.56 bits per heavy atom. The van der Waals surface area contributed by atoms with Crippen LogP contribution in [0.1, 0.15) is 29.2 Å². The normalized spacial score (nSPS) is 12.8. The molecule has 3 aromatic rings. The van der Waals surface area contributed by atoms with Crippen molar-refractivity contribution in [2.45, 2.75) is 31.4 Å². The summed E-state index contributed by atoms with van der Waals surface area (Å²) in [6.07, 6.45) is -9.04. The Bertz CT molecular complexity index is 1160. The van der Waals surface area contributed by atoms with Crippen molar-refractivity contribution >= 4 is 11.6 Å². The van der Waals surface area contributed by atoms with Crippen molar-refractivity contribution in [1.82, 2.24) is 0 Å². The van der Waals surface area contributed by atoms with Crippen LogP contribution in [0.25, 0.3) is 0 Å². The standard InChI is InChI=1S/C25H21F7N2O2/c26-20-13-12-19(15-21(20)36-25(30,31)32)34(22(23(33)35)17-6-2-1-3-7-17)14-4-5-16-8-10-18(11-9-16)24(27,28)29/h1-3,6-13,15,22H,4-5,14H2,(H2,33,35). The Hall–Kier alpha value is -3.76. The second kappa shape index (κ2) is 10.9. The van der Waals surface area contributed by atoms with E-state index in [0.717, 1.165) is 24.3 Å². The first-order chi connectivity index (χ1) is 16.8. The number of carbonyl (C=O) groups excluding carboxylic acids is 1. The molecule has 1 unspecified atom stereocenters. The number of rotatable bonds is 9. The van der Waals surface area contributed by atoms with Gasteiger partial charge in [-0.05, 0) is 48.2 Å². The van der Waals surface area contributed by atoms with Gasteiger partial charge in [0.25, 0.3) is 0 Å². The van der Waals surface area contributed by atoms with Crippen LogP contribution in [0.3, 0.4) is 0 Å². The zero-order valence-corrected chi connectivity index (χ0v) is 18.6. The van der Waals surface area contributed by atoms with E-state index in [9.17, 15) is 35.5 Å². The average molecular weight is 514 g/mol. The van der Waals surface area contributed by atoms with Gasteiger partial charge in [0.15, 0.2) is 11.6 Å². The van der Waals surface area contributed by atoms with Crippen molar-refractivity contribution in [3.8, 4) is 5.75 Å². The molecular weight excluding hydrogens is 493 g/mol. The minimum atomic E-state index is -5.14. The van der Waals surface area contributed by atoms with Gasteiger partial charge in [-0.2, -0.15) is 13.2 Å². The summed E-state index contributed by atoms with van der Waals surface area (Å²) in [7, 11) is 0. The number of hydrogen-bond acceptors (Lipinski definition) is 3. The molecule has 0 aliphatic rings. The number of alkyl halides is 6. The third kappa shape index (κ3) is 7.12. The highest BCUT2D eigenvalue weighted by Gasteiger charge is 2.34. The molecule has 3 aromatic carbocycles. The quantitative estimate of drug-likeness (QED) is 0.336. The lowest BCUT2D eigenvalue weighted by Gasteiger charge is -2.32. The van der Waals surface area contributed by atoms with Crippen LogP contribution in [-0.2, 0) is 17.4 Å². The Morgan fingerprint density at radius 3 is 2.11 bits per heavy atom. The Kier molecular flexibility index (Phi) is 8.11. The third-order valence-corrected chi connectivity index (χ3v) is 5.31. The fraction of sp³-hybridized carbons (Fsp3) is 0.240. The van der Waals surface area contributed by atoms with E-state index in [4.69, 9.17) is 5.73 Å². The van der Waals surface area contributed by atoms with Gasteiger partial charge in [-0.3, -0.25) is 4.79 Å². The number of nitrogens with zero attached hydrogens (tertiary/aromatic N) is 1. The lowest BCUT2D eigenvalue weighted by molar-refractivity contribution is -0.275. The molecule has 0 bridgehead atoms. The Morgan fingerprint density at radius 1 is 0.917 bits per heavy atom. The summed E-state index contributed by atoms with van der Waals surface area (Å²) in [6.45, 7) is 0.0562. The van der Waals surface area contributed by atoms with Crippen molar-refractivity contribution in [1.29, 1.82) is 0 Å². The highest BCUT2D eigenvalue weighted by Crippen LogP contribution is 2.34. The molecule has 0 heterocycles. The first kappa shape index (κ1) is 26.8. The maximum absolute atomic E-state index is 14.0. The number of nitrogens with two attached hydrogens (primary N) is 1. The average Bonchev–Trinajstić information content (AvgIpc) is 2.79. The Balaban J connectivity index is 1.91. The second-order valence-electron chi connectivity index (χ2n) is 7.87. The van der Waals surface area contributed by atoms with Crippen LogP contribution < -0.4 is 15.4 Å². The van der Waals surface area contributed by atoms with Gasteiger partial charge in [0.2, 0.25) is 5.91 Å². The van der Waals surface area contributed by atoms with Gasteiger partial charge >= 0.3 is 12.5 Å². The lowest BCUT2D eigenvalue weighted by atomic mass is 10.0. The summed E-state index contributed by atoms with van der Waals surface area (Å²) >= 11 is 0. The van der Waals surface area contributed by atoms with Gasteiger partial charge in [0.05, 0.1) is 5.56 Å². The molecule has 0 saturated heterocycles. The van der Waals surface area contributed by atoms with E-state index in [-0.39, 0.29) is 18.7 Å². The SMILES string of the molecule is NC(=O)C(c1ccccc1)N(CCCc1ccc(C(F)(F)F)cc1)c1ccc(F)c(OC(F)(F)F)c1. The smallest absolute Gasteiger partial charge is 0.403 e. The molecule has 1 atom stereocenters. The van der Waals surface area contributed by atoms with E-state index in [1.165, 1.54) is 23.1 Å².